The molecule has 2 aliphatic rings. The van der Waals surface area contributed by atoms with Crippen molar-refractivity contribution in [3.8, 4) is 11.5 Å². The van der Waals surface area contributed by atoms with Gasteiger partial charge in [-0.15, -0.1) is 0 Å². The summed E-state index contributed by atoms with van der Waals surface area (Å²) in [5.74, 6) is 0.0303. The molecule has 0 spiro atoms. The molecule has 3 nitrogen and oxygen atoms in total. The molecular formula is C12H15NO2. The van der Waals surface area contributed by atoms with E-state index in [9.17, 15) is 10.2 Å². The Morgan fingerprint density at radius 2 is 1.93 bits per heavy atom. The molecule has 0 aromatic heterocycles. The fourth-order valence-electron chi connectivity index (χ4n) is 2.87. The van der Waals surface area contributed by atoms with Crippen LogP contribution in [0.25, 0.3) is 0 Å². The van der Waals surface area contributed by atoms with Crippen LogP contribution in [0.3, 0.4) is 0 Å². The number of phenolic OH excluding ortho intramolecular Hbond substituents is 2. The summed E-state index contributed by atoms with van der Waals surface area (Å²) in [6.45, 7) is 2.26. The van der Waals surface area contributed by atoms with Gasteiger partial charge < -0.3 is 10.2 Å². The van der Waals surface area contributed by atoms with Crippen molar-refractivity contribution in [3.05, 3.63) is 23.3 Å². The number of aromatic hydroxyl groups is 2. The lowest BCUT2D eigenvalue weighted by Gasteiger charge is -2.31. The molecule has 0 amide bonds. The lowest BCUT2D eigenvalue weighted by atomic mass is 9.92. The molecule has 1 fully saturated rings. The Balaban J connectivity index is 2.09. The molecule has 80 valence electrons. The van der Waals surface area contributed by atoms with Crippen LogP contribution in [0.5, 0.6) is 11.5 Å². The van der Waals surface area contributed by atoms with Gasteiger partial charge in [-0.3, -0.25) is 4.90 Å². The Labute approximate surface area is 89.0 Å². The van der Waals surface area contributed by atoms with Crippen LogP contribution in [-0.2, 0) is 6.42 Å². The van der Waals surface area contributed by atoms with Crippen molar-refractivity contribution in [2.24, 2.45) is 0 Å². The van der Waals surface area contributed by atoms with E-state index < -0.39 is 0 Å². The highest BCUT2D eigenvalue weighted by Crippen LogP contribution is 2.41. The molecule has 3 heteroatoms. The summed E-state index contributed by atoms with van der Waals surface area (Å²) in [7, 11) is 0. The van der Waals surface area contributed by atoms with Crippen LogP contribution in [-0.4, -0.2) is 28.2 Å². The van der Waals surface area contributed by atoms with Crippen LogP contribution in [0.2, 0.25) is 0 Å². The second-order valence-electron chi connectivity index (χ2n) is 4.48. The van der Waals surface area contributed by atoms with E-state index in [2.05, 4.69) is 4.90 Å². The number of rotatable bonds is 0. The molecule has 0 bridgehead atoms. The first-order valence-corrected chi connectivity index (χ1v) is 5.54. The maximum absolute atomic E-state index is 9.53. The van der Waals surface area contributed by atoms with Crippen molar-refractivity contribution in [3.63, 3.8) is 0 Å². The Kier molecular flexibility index (Phi) is 1.89. The van der Waals surface area contributed by atoms with Gasteiger partial charge in [-0.05, 0) is 49.1 Å². The average Bonchev–Trinajstić information content (AvgIpc) is 2.68. The SMILES string of the molecule is Oc1cc2c(cc1O)[C@H]1CCCN1CC2. The van der Waals surface area contributed by atoms with Gasteiger partial charge >= 0.3 is 0 Å². The first kappa shape index (κ1) is 9.04. The van der Waals surface area contributed by atoms with Crippen molar-refractivity contribution in [2.45, 2.75) is 25.3 Å². The van der Waals surface area contributed by atoms with Crippen molar-refractivity contribution in [1.82, 2.24) is 4.90 Å². The molecule has 0 radical (unpaired) electrons. The monoisotopic (exact) mass is 205 g/mol. The number of hydrogen-bond donors (Lipinski definition) is 2. The van der Waals surface area contributed by atoms with Crippen molar-refractivity contribution in [1.29, 1.82) is 0 Å². The van der Waals surface area contributed by atoms with Gasteiger partial charge in [0.15, 0.2) is 11.5 Å². The molecule has 15 heavy (non-hydrogen) atoms. The van der Waals surface area contributed by atoms with Gasteiger partial charge in [0, 0.05) is 12.6 Å². The second-order valence-corrected chi connectivity index (χ2v) is 4.48. The predicted molar refractivity (Wildman–Crippen MR) is 57.0 cm³/mol. The minimum atomic E-state index is 0.0141. The maximum atomic E-state index is 9.53. The van der Waals surface area contributed by atoms with Gasteiger partial charge in [0.1, 0.15) is 0 Å². The van der Waals surface area contributed by atoms with Gasteiger partial charge in [-0.2, -0.15) is 0 Å². The lowest BCUT2D eigenvalue weighted by molar-refractivity contribution is 0.242. The summed E-state index contributed by atoms with van der Waals surface area (Å²) >= 11 is 0. The van der Waals surface area contributed by atoms with E-state index in [0.29, 0.717) is 6.04 Å². The zero-order valence-corrected chi connectivity index (χ0v) is 8.61. The predicted octanol–water partition coefficient (Wildman–Crippen LogP) is 1.79. The smallest absolute Gasteiger partial charge is 0.157 e. The van der Waals surface area contributed by atoms with E-state index in [1.54, 1.807) is 12.1 Å². The average molecular weight is 205 g/mol. The highest BCUT2D eigenvalue weighted by molar-refractivity contribution is 5.48. The summed E-state index contributed by atoms with van der Waals surface area (Å²) in [5.41, 5.74) is 2.42. The first-order chi connectivity index (χ1) is 7.25. The van der Waals surface area contributed by atoms with Crippen molar-refractivity contribution < 1.29 is 10.2 Å². The summed E-state index contributed by atoms with van der Waals surface area (Å²) in [6, 6.07) is 3.94. The van der Waals surface area contributed by atoms with E-state index >= 15 is 0 Å². The van der Waals surface area contributed by atoms with Gasteiger partial charge in [-0.1, -0.05) is 0 Å². The fraction of sp³-hybridized carbons (Fsp3) is 0.500. The van der Waals surface area contributed by atoms with Crippen LogP contribution in [0.1, 0.15) is 30.0 Å². The van der Waals surface area contributed by atoms with Crippen LogP contribution in [0.15, 0.2) is 12.1 Å². The zero-order chi connectivity index (χ0) is 10.4. The second kappa shape index (κ2) is 3.14. The minimum absolute atomic E-state index is 0.0141. The number of nitrogens with zero attached hydrogens (tertiary/aromatic N) is 1. The third-order valence-corrected chi connectivity index (χ3v) is 3.63. The molecule has 2 N–H and O–H groups in total. The summed E-state index contributed by atoms with van der Waals surface area (Å²) in [6.07, 6.45) is 3.41. The first-order valence-electron chi connectivity index (χ1n) is 5.54. The normalized spacial score (nSPS) is 24.9. The molecule has 1 saturated heterocycles. The van der Waals surface area contributed by atoms with Crippen molar-refractivity contribution >= 4 is 0 Å². The molecule has 2 heterocycles. The quantitative estimate of drug-likeness (QED) is 0.635. The van der Waals surface area contributed by atoms with Crippen LogP contribution >= 0.6 is 0 Å². The number of benzene rings is 1. The highest BCUT2D eigenvalue weighted by atomic mass is 16.3. The summed E-state index contributed by atoms with van der Waals surface area (Å²) in [4.78, 5) is 2.47. The molecular weight excluding hydrogens is 190 g/mol. The Bertz CT molecular complexity index is 403. The van der Waals surface area contributed by atoms with E-state index in [1.165, 1.54) is 30.5 Å². The number of fused-ring (bicyclic) bond motifs is 3. The third kappa shape index (κ3) is 1.30. The van der Waals surface area contributed by atoms with E-state index in [1.807, 2.05) is 0 Å². The fourth-order valence-corrected chi connectivity index (χ4v) is 2.87. The molecule has 0 unspecified atom stereocenters. The van der Waals surface area contributed by atoms with Gasteiger partial charge in [0.2, 0.25) is 0 Å². The molecule has 3 rings (SSSR count). The number of phenols is 2. The number of hydrogen-bond acceptors (Lipinski definition) is 3. The highest BCUT2D eigenvalue weighted by Gasteiger charge is 2.31. The Hall–Kier alpha value is -1.22. The molecule has 2 aliphatic heterocycles. The zero-order valence-electron chi connectivity index (χ0n) is 8.61. The topological polar surface area (TPSA) is 43.7 Å². The molecule has 1 aromatic carbocycles. The summed E-state index contributed by atoms with van der Waals surface area (Å²) in [5, 5.41) is 19.0. The van der Waals surface area contributed by atoms with Crippen LogP contribution < -0.4 is 0 Å². The molecule has 0 aliphatic carbocycles. The molecule has 0 saturated carbocycles. The van der Waals surface area contributed by atoms with E-state index in [4.69, 9.17) is 0 Å². The molecule has 1 aromatic rings. The largest absolute Gasteiger partial charge is 0.504 e. The van der Waals surface area contributed by atoms with E-state index in [0.717, 1.165) is 13.0 Å². The standard InChI is InChI=1S/C12H15NO2/c14-11-6-8-3-5-13-4-1-2-10(13)9(8)7-12(11)15/h6-7,10,14-15H,1-5H2/t10-/m1/s1. The lowest BCUT2D eigenvalue weighted by Crippen LogP contribution is -2.30. The Morgan fingerprint density at radius 3 is 2.80 bits per heavy atom. The van der Waals surface area contributed by atoms with E-state index in [-0.39, 0.29) is 11.5 Å². The minimum Gasteiger partial charge on any atom is -0.504 e. The van der Waals surface area contributed by atoms with Crippen molar-refractivity contribution in [2.75, 3.05) is 13.1 Å². The van der Waals surface area contributed by atoms with Crippen LogP contribution in [0.4, 0.5) is 0 Å². The third-order valence-electron chi connectivity index (χ3n) is 3.63. The van der Waals surface area contributed by atoms with Gasteiger partial charge in [0.05, 0.1) is 0 Å². The Morgan fingerprint density at radius 1 is 1.13 bits per heavy atom. The van der Waals surface area contributed by atoms with Crippen LogP contribution in [0, 0.1) is 0 Å². The summed E-state index contributed by atoms with van der Waals surface area (Å²) < 4.78 is 0. The van der Waals surface area contributed by atoms with Gasteiger partial charge in [0.25, 0.3) is 0 Å². The van der Waals surface area contributed by atoms with Gasteiger partial charge in [-0.25, -0.2) is 0 Å². The molecule has 1 atom stereocenters. The maximum Gasteiger partial charge on any atom is 0.157 e.